The van der Waals surface area contributed by atoms with E-state index in [-0.39, 0.29) is 18.6 Å². The monoisotopic (exact) mass is 607 g/mol. The van der Waals surface area contributed by atoms with Crippen molar-refractivity contribution in [3.63, 3.8) is 0 Å². The fraction of sp³-hybridized carbons (Fsp3) is 0.529. The molecule has 0 saturated carbocycles. The highest BCUT2D eigenvalue weighted by Gasteiger charge is 2.38. The average Bonchev–Trinajstić information content (AvgIpc) is 3.58. The van der Waals surface area contributed by atoms with Crippen LogP contribution in [0.25, 0.3) is 11.1 Å². The van der Waals surface area contributed by atoms with Crippen LogP contribution in [0.5, 0.6) is 0 Å². The van der Waals surface area contributed by atoms with Gasteiger partial charge in [-0.15, -0.1) is 0 Å². The van der Waals surface area contributed by atoms with Gasteiger partial charge in [0.25, 0.3) is 0 Å². The smallest absolute Gasteiger partial charge is 0.410 e. The Bertz CT molecular complexity index is 1290. The molecule has 2 unspecified atom stereocenters. The maximum atomic E-state index is 13.2. The Kier molecular flexibility index (Phi) is 10.9. The molecule has 2 N–H and O–H groups in total. The van der Waals surface area contributed by atoms with Gasteiger partial charge in [0.2, 0.25) is 5.91 Å². The van der Waals surface area contributed by atoms with Crippen molar-refractivity contribution in [3.8, 4) is 11.1 Å². The number of likely N-dealkylation sites (tertiary alicyclic amines) is 1. The summed E-state index contributed by atoms with van der Waals surface area (Å²) in [4.78, 5) is 52.6. The lowest BCUT2D eigenvalue weighted by Gasteiger charge is -2.29. The third-order valence-electron chi connectivity index (χ3n) is 7.67. The summed E-state index contributed by atoms with van der Waals surface area (Å²) in [6.07, 6.45) is 1.20. The van der Waals surface area contributed by atoms with Gasteiger partial charge in [0.1, 0.15) is 24.3 Å². The van der Waals surface area contributed by atoms with Crippen LogP contribution >= 0.6 is 0 Å². The van der Waals surface area contributed by atoms with Crippen molar-refractivity contribution in [2.45, 2.75) is 96.4 Å². The fourth-order valence-electron chi connectivity index (χ4n) is 5.72. The molecule has 2 aromatic rings. The first-order chi connectivity index (χ1) is 20.9. The molecule has 0 aromatic heterocycles. The molecular weight excluding hydrogens is 562 g/mol. The quantitative estimate of drug-likeness (QED) is 0.196. The lowest BCUT2D eigenvalue weighted by molar-refractivity contribution is -0.152. The van der Waals surface area contributed by atoms with E-state index in [4.69, 9.17) is 14.2 Å². The molecule has 0 radical (unpaired) electrons. The van der Waals surface area contributed by atoms with Crippen LogP contribution in [0.1, 0.15) is 83.8 Å². The number of carbonyl (C=O) groups excluding carboxylic acids is 4. The molecule has 1 saturated heterocycles. The minimum atomic E-state index is -0.875. The van der Waals surface area contributed by atoms with E-state index < -0.39 is 41.7 Å². The Labute approximate surface area is 259 Å². The van der Waals surface area contributed by atoms with Crippen LogP contribution in [-0.4, -0.2) is 72.4 Å². The van der Waals surface area contributed by atoms with Gasteiger partial charge in [-0.05, 0) is 89.0 Å². The second-order valence-corrected chi connectivity index (χ2v) is 12.6. The van der Waals surface area contributed by atoms with Crippen LogP contribution in [0.3, 0.4) is 0 Å². The number of unbranched alkanes of at least 4 members (excludes halogenated alkanes) is 1. The van der Waals surface area contributed by atoms with Crippen LogP contribution in [0.4, 0.5) is 9.59 Å². The summed E-state index contributed by atoms with van der Waals surface area (Å²) >= 11 is 0. The molecule has 1 heterocycles. The van der Waals surface area contributed by atoms with Gasteiger partial charge in [0.15, 0.2) is 0 Å². The summed E-state index contributed by atoms with van der Waals surface area (Å²) < 4.78 is 16.5. The molecule has 2 atom stereocenters. The molecule has 10 heteroatoms. The van der Waals surface area contributed by atoms with E-state index in [0.29, 0.717) is 45.2 Å². The number of nitrogens with zero attached hydrogens (tertiary/aromatic N) is 1. The first-order valence-corrected chi connectivity index (χ1v) is 15.5. The second kappa shape index (κ2) is 14.6. The Morgan fingerprint density at radius 3 is 2.20 bits per heavy atom. The lowest BCUT2D eigenvalue weighted by atomic mass is 9.98. The van der Waals surface area contributed by atoms with E-state index in [2.05, 4.69) is 34.9 Å². The van der Waals surface area contributed by atoms with Crippen molar-refractivity contribution in [3.05, 3.63) is 59.7 Å². The normalized spacial score (nSPS) is 16.6. The molecule has 3 amide bonds. The van der Waals surface area contributed by atoms with E-state index in [9.17, 15) is 19.2 Å². The molecule has 0 spiro atoms. The number of ether oxygens (including phenoxy) is 3. The Morgan fingerprint density at radius 1 is 0.955 bits per heavy atom. The largest absolute Gasteiger partial charge is 0.461 e. The van der Waals surface area contributed by atoms with Gasteiger partial charge in [0.05, 0.1) is 6.10 Å². The summed E-state index contributed by atoms with van der Waals surface area (Å²) in [6, 6.07) is 14.7. The van der Waals surface area contributed by atoms with Crippen molar-refractivity contribution in [2.75, 3.05) is 19.7 Å². The van der Waals surface area contributed by atoms with Gasteiger partial charge in [-0.2, -0.15) is 0 Å². The van der Waals surface area contributed by atoms with E-state index in [1.54, 1.807) is 34.6 Å². The number of amides is 3. The van der Waals surface area contributed by atoms with Crippen molar-refractivity contribution in [1.29, 1.82) is 0 Å². The average molecular weight is 608 g/mol. The minimum Gasteiger partial charge on any atom is -0.461 e. The SMILES string of the molecule is CC(C)OC(=O)C(CCCCNC(=O)OCC1c2ccccc2-c2ccccc21)NC(=O)C1CCCN1C(=O)OC(C)(C)C. The molecule has 1 fully saturated rings. The van der Waals surface area contributed by atoms with Crippen LogP contribution < -0.4 is 10.6 Å². The highest BCUT2D eigenvalue weighted by Crippen LogP contribution is 2.44. The number of carbonyl (C=O) groups is 4. The fourth-order valence-corrected chi connectivity index (χ4v) is 5.72. The van der Waals surface area contributed by atoms with Crippen LogP contribution in [0.2, 0.25) is 0 Å². The first-order valence-electron chi connectivity index (χ1n) is 15.5. The number of fused-ring (bicyclic) bond motifs is 3. The lowest BCUT2D eigenvalue weighted by Crippen LogP contribution is -2.52. The number of hydrogen-bond donors (Lipinski definition) is 2. The molecule has 1 aliphatic carbocycles. The second-order valence-electron chi connectivity index (χ2n) is 12.6. The van der Waals surface area contributed by atoms with Gasteiger partial charge >= 0.3 is 18.2 Å². The van der Waals surface area contributed by atoms with Crippen molar-refractivity contribution < 1.29 is 33.4 Å². The molecule has 0 bridgehead atoms. The highest BCUT2D eigenvalue weighted by molar-refractivity contribution is 5.90. The molecule has 2 aliphatic rings. The number of hydrogen-bond acceptors (Lipinski definition) is 7. The molecular formula is C34H45N3O7. The van der Waals surface area contributed by atoms with E-state index in [1.807, 2.05) is 24.3 Å². The summed E-state index contributed by atoms with van der Waals surface area (Å²) in [5, 5.41) is 5.59. The first kappa shape index (κ1) is 32.8. The molecule has 238 valence electrons. The topological polar surface area (TPSA) is 123 Å². The van der Waals surface area contributed by atoms with Gasteiger partial charge in [0, 0.05) is 19.0 Å². The predicted octanol–water partition coefficient (Wildman–Crippen LogP) is 5.53. The van der Waals surface area contributed by atoms with Crippen molar-refractivity contribution >= 4 is 24.1 Å². The van der Waals surface area contributed by atoms with E-state index in [1.165, 1.54) is 16.0 Å². The van der Waals surface area contributed by atoms with Gasteiger partial charge in [-0.1, -0.05) is 48.5 Å². The number of nitrogens with one attached hydrogen (secondary N) is 2. The van der Waals surface area contributed by atoms with Gasteiger partial charge in [-0.3, -0.25) is 9.69 Å². The maximum Gasteiger partial charge on any atom is 0.410 e. The Balaban J connectivity index is 1.24. The molecule has 10 nitrogen and oxygen atoms in total. The molecule has 4 rings (SSSR count). The summed E-state index contributed by atoms with van der Waals surface area (Å²) in [5.74, 6) is -0.953. The van der Waals surface area contributed by atoms with E-state index >= 15 is 0 Å². The number of esters is 1. The van der Waals surface area contributed by atoms with Gasteiger partial charge < -0.3 is 24.8 Å². The zero-order chi connectivity index (χ0) is 31.9. The zero-order valence-corrected chi connectivity index (χ0v) is 26.4. The van der Waals surface area contributed by atoms with Crippen LogP contribution in [0.15, 0.2) is 48.5 Å². The van der Waals surface area contributed by atoms with Crippen molar-refractivity contribution in [1.82, 2.24) is 15.5 Å². The minimum absolute atomic E-state index is 0.0180. The van der Waals surface area contributed by atoms with E-state index in [0.717, 1.165) is 11.1 Å². The predicted molar refractivity (Wildman–Crippen MR) is 166 cm³/mol. The highest BCUT2D eigenvalue weighted by atomic mass is 16.6. The number of rotatable bonds is 11. The third kappa shape index (κ3) is 8.51. The van der Waals surface area contributed by atoms with Crippen LogP contribution in [0, 0.1) is 0 Å². The Hall–Kier alpha value is -4.08. The molecule has 44 heavy (non-hydrogen) atoms. The zero-order valence-electron chi connectivity index (χ0n) is 26.4. The van der Waals surface area contributed by atoms with Crippen LogP contribution in [-0.2, 0) is 23.8 Å². The standard InChI is InChI=1S/C34H45N3O7/c1-22(2)43-31(39)28(36-30(38)29-18-12-20-37(29)33(41)44-34(3,4)5)17-10-11-19-35-32(40)42-21-27-25-15-8-6-13-23(25)24-14-7-9-16-26(24)27/h6-9,13-16,22,27-29H,10-12,17-21H2,1-5H3,(H,35,40)(H,36,38). The third-order valence-corrected chi connectivity index (χ3v) is 7.67. The Morgan fingerprint density at radius 2 is 1.59 bits per heavy atom. The van der Waals surface area contributed by atoms with Crippen molar-refractivity contribution in [2.24, 2.45) is 0 Å². The number of benzene rings is 2. The molecule has 2 aromatic carbocycles. The molecule has 1 aliphatic heterocycles. The summed E-state index contributed by atoms with van der Waals surface area (Å²) in [7, 11) is 0. The summed E-state index contributed by atoms with van der Waals surface area (Å²) in [5.41, 5.74) is 3.95. The van der Waals surface area contributed by atoms with Gasteiger partial charge in [-0.25, -0.2) is 14.4 Å². The maximum absolute atomic E-state index is 13.2. The number of alkyl carbamates (subject to hydrolysis) is 1. The summed E-state index contributed by atoms with van der Waals surface area (Å²) in [6.45, 7) is 9.81.